The Hall–Kier alpha value is -0.990. The van der Waals surface area contributed by atoms with Gasteiger partial charge in [-0.3, -0.25) is 0 Å². The molecule has 3 heteroatoms. The predicted octanol–water partition coefficient (Wildman–Crippen LogP) is 4.44. The van der Waals surface area contributed by atoms with Crippen LogP contribution in [0, 0.1) is 6.92 Å². The molecule has 2 fully saturated rings. The number of aryl methyl sites for hydroxylation is 1. The van der Waals surface area contributed by atoms with E-state index in [1.165, 1.54) is 57.8 Å². The van der Waals surface area contributed by atoms with Crippen LogP contribution in [0.1, 0.15) is 76.4 Å². The largest absolute Gasteiger partial charge is 0.350 e. The van der Waals surface area contributed by atoms with E-state index in [1.54, 1.807) is 0 Å². The second kappa shape index (κ2) is 5.18. The molecule has 0 spiro atoms. The SMILES string of the molecule is Cc1cn(C2CCCCC2)c(NC2(C)CCCC2)n1. The van der Waals surface area contributed by atoms with E-state index in [2.05, 4.69) is 29.9 Å². The van der Waals surface area contributed by atoms with Crippen molar-refractivity contribution in [2.45, 2.75) is 83.2 Å². The topological polar surface area (TPSA) is 29.9 Å². The highest BCUT2D eigenvalue weighted by atomic mass is 15.2. The lowest BCUT2D eigenvalue weighted by Gasteiger charge is -2.30. The Kier molecular flexibility index (Phi) is 3.55. The number of imidazole rings is 1. The molecule has 2 aliphatic rings. The van der Waals surface area contributed by atoms with Gasteiger partial charge < -0.3 is 9.88 Å². The maximum absolute atomic E-state index is 4.75. The molecular formula is C16H27N3. The van der Waals surface area contributed by atoms with E-state index in [4.69, 9.17) is 4.98 Å². The van der Waals surface area contributed by atoms with Crippen LogP contribution in [0.25, 0.3) is 0 Å². The van der Waals surface area contributed by atoms with E-state index in [0.717, 1.165) is 11.6 Å². The zero-order chi connectivity index (χ0) is 13.3. The number of anilines is 1. The summed E-state index contributed by atoms with van der Waals surface area (Å²) in [5.41, 5.74) is 1.42. The van der Waals surface area contributed by atoms with Crippen LogP contribution in [0.5, 0.6) is 0 Å². The van der Waals surface area contributed by atoms with Gasteiger partial charge in [0.05, 0.1) is 5.69 Å². The number of nitrogens with one attached hydrogen (secondary N) is 1. The summed E-state index contributed by atoms with van der Waals surface area (Å²) in [4.78, 5) is 4.75. The van der Waals surface area contributed by atoms with Crippen molar-refractivity contribution in [3.8, 4) is 0 Å². The van der Waals surface area contributed by atoms with Crippen molar-refractivity contribution in [3.05, 3.63) is 11.9 Å². The number of hydrogen-bond donors (Lipinski definition) is 1. The van der Waals surface area contributed by atoms with Crippen molar-refractivity contribution in [1.29, 1.82) is 0 Å². The van der Waals surface area contributed by atoms with Crippen molar-refractivity contribution in [2.75, 3.05) is 5.32 Å². The smallest absolute Gasteiger partial charge is 0.203 e. The standard InChI is InChI=1S/C16H27N3/c1-13-12-19(14-8-4-3-5-9-14)15(17-13)18-16(2)10-6-7-11-16/h12,14H,3-11H2,1-2H3,(H,17,18). The molecule has 2 saturated carbocycles. The number of hydrogen-bond acceptors (Lipinski definition) is 2. The normalized spacial score (nSPS) is 23.7. The van der Waals surface area contributed by atoms with Crippen LogP contribution in [-0.4, -0.2) is 15.1 Å². The van der Waals surface area contributed by atoms with Crippen LogP contribution in [0.3, 0.4) is 0 Å². The molecule has 106 valence electrons. The average Bonchev–Trinajstić information content (AvgIpc) is 2.97. The van der Waals surface area contributed by atoms with E-state index in [-0.39, 0.29) is 5.54 Å². The molecule has 2 aliphatic carbocycles. The molecule has 3 rings (SSSR count). The molecule has 3 nitrogen and oxygen atoms in total. The minimum Gasteiger partial charge on any atom is -0.350 e. The molecule has 0 unspecified atom stereocenters. The molecule has 1 aromatic rings. The Labute approximate surface area is 116 Å². The third kappa shape index (κ3) is 2.80. The quantitative estimate of drug-likeness (QED) is 0.871. The molecule has 0 aliphatic heterocycles. The fourth-order valence-corrected chi connectivity index (χ4v) is 3.80. The van der Waals surface area contributed by atoms with Crippen molar-refractivity contribution < 1.29 is 0 Å². The molecule has 19 heavy (non-hydrogen) atoms. The number of aromatic nitrogens is 2. The van der Waals surface area contributed by atoms with Crippen molar-refractivity contribution in [3.63, 3.8) is 0 Å². The predicted molar refractivity (Wildman–Crippen MR) is 79.6 cm³/mol. The highest BCUT2D eigenvalue weighted by Gasteiger charge is 2.30. The van der Waals surface area contributed by atoms with Crippen molar-refractivity contribution >= 4 is 5.95 Å². The van der Waals surface area contributed by atoms with E-state index in [1.807, 2.05) is 0 Å². The Morgan fingerprint density at radius 3 is 2.53 bits per heavy atom. The van der Waals surface area contributed by atoms with Gasteiger partial charge in [0, 0.05) is 17.8 Å². The lowest BCUT2D eigenvalue weighted by Crippen LogP contribution is -2.33. The van der Waals surface area contributed by atoms with E-state index < -0.39 is 0 Å². The van der Waals surface area contributed by atoms with Crippen molar-refractivity contribution in [1.82, 2.24) is 9.55 Å². The average molecular weight is 261 g/mol. The zero-order valence-electron chi connectivity index (χ0n) is 12.4. The van der Waals surface area contributed by atoms with E-state index in [0.29, 0.717) is 6.04 Å². The molecule has 0 radical (unpaired) electrons. The molecule has 0 atom stereocenters. The summed E-state index contributed by atoms with van der Waals surface area (Å²) >= 11 is 0. The Morgan fingerprint density at radius 1 is 1.16 bits per heavy atom. The van der Waals surface area contributed by atoms with Crippen LogP contribution < -0.4 is 5.32 Å². The molecule has 1 heterocycles. The molecule has 1 N–H and O–H groups in total. The lowest BCUT2D eigenvalue weighted by molar-refractivity contribution is 0.353. The van der Waals surface area contributed by atoms with Crippen LogP contribution >= 0.6 is 0 Å². The second-order valence-electron chi connectivity index (χ2n) is 6.80. The van der Waals surface area contributed by atoms with Crippen LogP contribution in [0.15, 0.2) is 6.20 Å². The van der Waals surface area contributed by atoms with Gasteiger partial charge in [-0.25, -0.2) is 4.98 Å². The Balaban J connectivity index is 1.80. The summed E-state index contributed by atoms with van der Waals surface area (Å²) in [5.74, 6) is 1.12. The molecule has 0 saturated heterocycles. The Bertz CT molecular complexity index is 423. The van der Waals surface area contributed by atoms with Gasteiger partial charge in [0.1, 0.15) is 0 Å². The minimum atomic E-state index is 0.268. The van der Waals surface area contributed by atoms with E-state index >= 15 is 0 Å². The molecule has 1 aromatic heterocycles. The first-order valence-electron chi connectivity index (χ1n) is 8.00. The second-order valence-corrected chi connectivity index (χ2v) is 6.80. The molecular weight excluding hydrogens is 234 g/mol. The highest BCUT2D eigenvalue weighted by molar-refractivity contribution is 5.34. The van der Waals surface area contributed by atoms with Gasteiger partial charge in [-0.2, -0.15) is 0 Å². The number of nitrogens with zero attached hydrogens (tertiary/aromatic N) is 2. The monoisotopic (exact) mass is 261 g/mol. The first-order valence-corrected chi connectivity index (χ1v) is 8.00. The van der Waals surface area contributed by atoms with Crippen LogP contribution in [0.2, 0.25) is 0 Å². The fraction of sp³-hybridized carbons (Fsp3) is 0.812. The Morgan fingerprint density at radius 2 is 1.84 bits per heavy atom. The lowest BCUT2D eigenvalue weighted by atomic mass is 9.95. The molecule has 0 amide bonds. The van der Waals surface area contributed by atoms with Crippen molar-refractivity contribution in [2.24, 2.45) is 0 Å². The van der Waals surface area contributed by atoms with Gasteiger partial charge in [0.15, 0.2) is 0 Å². The van der Waals surface area contributed by atoms with Gasteiger partial charge in [-0.15, -0.1) is 0 Å². The van der Waals surface area contributed by atoms with Crippen LogP contribution in [-0.2, 0) is 0 Å². The summed E-state index contributed by atoms with van der Waals surface area (Å²) in [5, 5.41) is 3.76. The van der Waals surface area contributed by atoms with Gasteiger partial charge in [0.2, 0.25) is 5.95 Å². The van der Waals surface area contributed by atoms with Gasteiger partial charge in [0.25, 0.3) is 0 Å². The maximum atomic E-state index is 4.75. The minimum absolute atomic E-state index is 0.268. The molecule has 0 aromatic carbocycles. The fourth-order valence-electron chi connectivity index (χ4n) is 3.80. The van der Waals surface area contributed by atoms with Gasteiger partial charge in [-0.05, 0) is 39.5 Å². The van der Waals surface area contributed by atoms with Crippen LogP contribution in [0.4, 0.5) is 5.95 Å². The zero-order valence-corrected chi connectivity index (χ0v) is 12.4. The first-order chi connectivity index (χ1) is 9.16. The maximum Gasteiger partial charge on any atom is 0.203 e. The molecule has 0 bridgehead atoms. The third-order valence-corrected chi connectivity index (χ3v) is 4.94. The third-order valence-electron chi connectivity index (χ3n) is 4.94. The number of rotatable bonds is 3. The first kappa shape index (κ1) is 13.0. The summed E-state index contributed by atoms with van der Waals surface area (Å²) in [6, 6.07) is 0.669. The summed E-state index contributed by atoms with van der Waals surface area (Å²) in [6.07, 6.45) is 14.3. The van der Waals surface area contributed by atoms with E-state index in [9.17, 15) is 0 Å². The summed E-state index contributed by atoms with van der Waals surface area (Å²) in [6.45, 7) is 4.47. The van der Waals surface area contributed by atoms with Gasteiger partial charge in [-0.1, -0.05) is 32.1 Å². The summed E-state index contributed by atoms with van der Waals surface area (Å²) in [7, 11) is 0. The highest BCUT2D eigenvalue weighted by Crippen LogP contribution is 2.35. The van der Waals surface area contributed by atoms with Gasteiger partial charge >= 0.3 is 0 Å². The summed E-state index contributed by atoms with van der Waals surface area (Å²) < 4.78 is 2.43.